The molecule has 24 heavy (non-hydrogen) atoms. The Morgan fingerprint density at radius 3 is 2.29 bits per heavy atom. The number of anilines is 1. The third kappa shape index (κ3) is 2.89. The monoisotopic (exact) mass is 324 g/mol. The third-order valence-corrected chi connectivity index (χ3v) is 4.48. The summed E-state index contributed by atoms with van der Waals surface area (Å²) in [5.41, 5.74) is 1.87. The summed E-state index contributed by atoms with van der Waals surface area (Å²) < 4.78 is 11.2. The molecule has 124 valence electrons. The van der Waals surface area contributed by atoms with Crippen molar-refractivity contribution in [1.82, 2.24) is 4.90 Å². The van der Waals surface area contributed by atoms with Gasteiger partial charge in [0, 0.05) is 43.5 Å². The van der Waals surface area contributed by atoms with Crippen molar-refractivity contribution in [3.63, 3.8) is 0 Å². The molecule has 1 fully saturated rings. The van der Waals surface area contributed by atoms with Gasteiger partial charge in [-0.15, -0.1) is 0 Å². The van der Waals surface area contributed by atoms with Crippen LogP contribution in [0.4, 0.5) is 5.69 Å². The van der Waals surface area contributed by atoms with Crippen LogP contribution in [0.1, 0.15) is 10.4 Å². The zero-order chi connectivity index (χ0) is 16.4. The first-order valence-electron chi connectivity index (χ1n) is 8.30. The lowest BCUT2D eigenvalue weighted by Crippen LogP contribution is -2.48. The Kier molecular flexibility index (Phi) is 3.99. The van der Waals surface area contributed by atoms with Gasteiger partial charge in [-0.05, 0) is 24.3 Å². The van der Waals surface area contributed by atoms with Crippen LogP contribution in [0.3, 0.4) is 0 Å². The molecule has 2 heterocycles. The fourth-order valence-corrected chi connectivity index (χ4v) is 3.16. The Morgan fingerprint density at radius 1 is 0.833 bits per heavy atom. The molecule has 0 radical (unpaired) electrons. The molecular formula is C19H20N2O3. The molecule has 1 amide bonds. The summed E-state index contributed by atoms with van der Waals surface area (Å²) in [6.45, 7) is 4.28. The summed E-state index contributed by atoms with van der Waals surface area (Å²) in [5, 5.41) is 0. The Labute approximate surface area is 141 Å². The normalized spacial score (nSPS) is 16.8. The van der Waals surface area contributed by atoms with E-state index in [2.05, 4.69) is 11.0 Å². The standard InChI is InChI=1S/C19H20N2O3/c22-19(15-4-2-1-3-5-15)21-10-8-20(9-11-21)16-6-7-17-18(14-16)24-13-12-23-17/h1-7,14H,8-13H2. The van der Waals surface area contributed by atoms with Gasteiger partial charge in [-0.1, -0.05) is 18.2 Å². The van der Waals surface area contributed by atoms with Gasteiger partial charge in [0.1, 0.15) is 13.2 Å². The molecule has 0 aliphatic carbocycles. The van der Waals surface area contributed by atoms with E-state index in [1.807, 2.05) is 47.4 Å². The Hall–Kier alpha value is -2.69. The van der Waals surface area contributed by atoms with Crippen LogP contribution in [0.2, 0.25) is 0 Å². The number of amides is 1. The molecule has 2 aromatic carbocycles. The van der Waals surface area contributed by atoms with Crippen molar-refractivity contribution in [3.05, 3.63) is 54.1 Å². The van der Waals surface area contributed by atoms with Gasteiger partial charge in [0.15, 0.2) is 11.5 Å². The van der Waals surface area contributed by atoms with Crippen molar-refractivity contribution in [2.24, 2.45) is 0 Å². The maximum Gasteiger partial charge on any atom is 0.253 e. The minimum atomic E-state index is 0.109. The average molecular weight is 324 g/mol. The van der Waals surface area contributed by atoms with Crippen molar-refractivity contribution >= 4 is 11.6 Å². The van der Waals surface area contributed by atoms with Crippen LogP contribution in [0.15, 0.2) is 48.5 Å². The van der Waals surface area contributed by atoms with E-state index in [0.717, 1.165) is 48.9 Å². The van der Waals surface area contributed by atoms with Crippen LogP contribution in [-0.4, -0.2) is 50.2 Å². The molecule has 0 saturated carbocycles. The molecule has 2 aliphatic heterocycles. The van der Waals surface area contributed by atoms with E-state index < -0.39 is 0 Å². The number of ether oxygens (including phenoxy) is 2. The van der Waals surface area contributed by atoms with Crippen molar-refractivity contribution in [2.75, 3.05) is 44.3 Å². The number of benzene rings is 2. The molecule has 2 aliphatic rings. The highest BCUT2D eigenvalue weighted by molar-refractivity contribution is 5.94. The van der Waals surface area contributed by atoms with Gasteiger partial charge in [0.05, 0.1) is 0 Å². The molecule has 5 nitrogen and oxygen atoms in total. The fraction of sp³-hybridized carbons (Fsp3) is 0.316. The first-order valence-corrected chi connectivity index (χ1v) is 8.30. The molecule has 1 saturated heterocycles. The first-order chi connectivity index (χ1) is 11.8. The number of hydrogen-bond donors (Lipinski definition) is 0. The van der Waals surface area contributed by atoms with Gasteiger partial charge >= 0.3 is 0 Å². The topological polar surface area (TPSA) is 42.0 Å². The molecule has 5 heteroatoms. The third-order valence-electron chi connectivity index (χ3n) is 4.48. The van der Waals surface area contributed by atoms with Gasteiger partial charge in [0.25, 0.3) is 5.91 Å². The van der Waals surface area contributed by atoms with E-state index in [0.29, 0.717) is 13.2 Å². The molecule has 0 aromatic heterocycles. The van der Waals surface area contributed by atoms with Crippen molar-refractivity contribution in [2.45, 2.75) is 0 Å². The van der Waals surface area contributed by atoms with E-state index in [1.165, 1.54) is 0 Å². The number of hydrogen-bond acceptors (Lipinski definition) is 4. The largest absolute Gasteiger partial charge is 0.486 e. The van der Waals surface area contributed by atoms with Gasteiger partial charge in [-0.2, -0.15) is 0 Å². The number of carbonyl (C=O) groups excluding carboxylic acids is 1. The molecule has 2 aromatic rings. The van der Waals surface area contributed by atoms with Gasteiger partial charge in [-0.3, -0.25) is 4.79 Å². The fourth-order valence-electron chi connectivity index (χ4n) is 3.16. The second-order valence-corrected chi connectivity index (χ2v) is 5.97. The van der Waals surface area contributed by atoms with Gasteiger partial charge in [-0.25, -0.2) is 0 Å². The minimum absolute atomic E-state index is 0.109. The van der Waals surface area contributed by atoms with Crippen LogP contribution < -0.4 is 14.4 Å². The van der Waals surface area contributed by atoms with E-state index in [-0.39, 0.29) is 5.91 Å². The summed E-state index contributed by atoms with van der Waals surface area (Å²) in [6, 6.07) is 15.5. The summed E-state index contributed by atoms with van der Waals surface area (Å²) >= 11 is 0. The second kappa shape index (κ2) is 6.43. The van der Waals surface area contributed by atoms with Crippen LogP contribution >= 0.6 is 0 Å². The Morgan fingerprint density at radius 2 is 1.54 bits per heavy atom. The van der Waals surface area contributed by atoms with E-state index in [9.17, 15) is 4.79 Å². The zero-order valence-corrected chi connectivity index (χ0v) is 13.5. The summed E-state index contributed by atoms with van der Waals surface area (Å²) in [4.78, 5) is 16.7. The molecule has 4 rings (SSSR count). The molecule has 0 bridgehead atoms. The molecular weight excluding hydrogens is 304 g/mol. The summed E-state index contributed by atoms with van der Waals surface area (Å²) in [6.07, 6.45) is 0. The van der Waals surface area contributed by atoms with Crippen LogP contribution in [0.5, 0.6) is 11.5 Å². The highest BCUT2D eigenvalue weighted by Crippen LogP contribution is 2.34. The lowest BCUT2D eigenvalue weighted by Gasteiger charge is -2.36. The van der Waals surface area contributed by atoms with Crippen LogP contribution in [-0.2, 0) is 0 Å². The number of fused-ring (bicyclic) bond motifs is 1. The van der Waals surface area contributed by atoms with Crippen molar-refractivity contribution < 1.29 is 14.3 Å². The molecule has 0 N–H and O–H groups in total. The quantitative estimate of drug-likeness (QED) is 0.851. The minimum Gasteiger partial charge on any atom is -0.486 e. The smallest absolute Gasteiger partial charge is 0.253 e. The number of rotatable bonds is 2. The van der Waals surface area contributed by atoms with Crippen LogP contribution in [0.25, 0.3) is 0 Å². The maximum atomic E-state index is 12.5. The van der Waals surface area contributed by atoms with Gasteiger partial charge < -0.3 is 19.3 Å². The number of piperazine rings is 1. The average Bonchev–Trinajstić information content (AvgIpc) is 2.68. The zero-order valence-electron chi connectivity index (χ0n) is 13.5. The maximum absolute atomic E-state index is 12.5. The van der Waals surface area contributed by atoms with Crippen LogP contribution in [0, 0.1) is 0 Å². The lowest BCUT2D eigenvalue weighted by atomic mass is 10.1. The highest BCUT2D eigenvalue weighted by Gasteiger charge is 2.23. The number of nitrogens with zero attached hydrogens (tertiary/aromatic N) is 2. The molecule has 0 unspecified atom stereocenters. The predicted octanol–water partition coefficient (Wildman–Crippen LogP) is 2.42. The Balaban J connectivity index is 1.42. The highest BCUT2D eigenvalue weighted by atomic mass is 16.6. The molecule has 0 atom stereocenters. The number of carbonyl (C=O) groups is 1. The van der Waals surface area contributed by atoms with Gasteiger partial charge in [0.2, 0.25) is 0 Å². The Bertz CT molecular complexity index is 725. The van der Waals surface area contributed by atoms with Crippen molar-refractivity contribution in [3.8, 4) is 11.5 Å². The molecule has 0 spiro atoms. The summed E-state index contributed by atoms with van der Waals surface area (Å²) in [5.74, 6) is 1.72. The predicted molar refractivity (Wildman–Crippen MR) is 92.0 cm³/mol. The lowest BCUT2D eigenvalue weighted by molar-refractivity contribution is 0.0746. The second-order valence-electron chi connectivity index (χ2n) is 5.97. The van der Waals surface area contributed by atoms with E-state index in [1.54, 1.807) is 0 Å². The SMILES string of the molecule is O=C(c1ccccc1)N1CCN(c2ccc3c(c2)OCCO3)CC1. The van der Waals surface area contributed by atoms with E-state index >= 15 is 0 Å². The van der Waals surface area contributed by atoms with E-state index in [4.69, 9.17) is 9.47 Å². The summed E-state index contributed by atoms with van der Waals surface area (Å²) in [7, 11) is 0. The van der Waals surface area contributed by atoms with Crippen molar-refractivity contribution in [1.29, 1.82) is 0 Å². The first kappa shape index (κ1) is 14.9.